The van der Waals surface area contributed by atoms with Crippen LogP contribution in [0.2, 0.25) is 0 Å². The van der Waals surface area contributed by atoms with Crippen LogP contribution in [0.15, 0.2) is 18.2 Å². The Hall–Kier alpha value is -1.71. The van der Waals surface area contributed by atoms with Crippen molar-refractivity contribution in [3.8, 4) is 5.75 Å². The Balaban J connectivity index is 2.68. The largest absolute Gasteiger partial charge is 0.505 e. The lowest BCUT2D eigenvalue weighted by molar-refractivity contribution is 0.0933. The summed E-state index contributed by atoms with van der Waals surface area (Å²) >= 11 is 0. The van der Waals surface area contributed by atoms with Gasteiger partial charge < -0.3 is 16.2 Å². The molecule has 1 aromatic rings. The summed E-state index contributed by atoms with van der Waals surface area (Å²) in [7, 11) is 0. The van der Waals surface area contributed by atoms with Gasteiger partial charge in [0.25, 0.3) is 5.91 Å². The van der Waals surface area contributed by atoms with Crippen LogP contribution in [-0.4, -0.2) is 17.1 Å². The normalized spacial score (nSPS) is 13.9. The second kappa shape index (κ2) is 6.28. The molecule has 0 bridgehead atoms. The molecule has 18 heavy (non-hydrogen) atoms. The number of amides is 1. The molecule has 1 amide bonds. The highest BCUT2D eigenvalue weighted by Gasteiger charge is 2.16. The second-order valence-corrected chi connectivity index (χ2v) is 4.87. The van der Waals surface area contributed by atoms with Crippen LogP contribution in [0.1, 0.15) is 44.0 Å². The van der Waals surface area contributed by atoms with Crippen molar-refractivity contribution in [2.75, 3.05) is 5.73 Å². The number of aromatic hydroxyl groups is 1. The van der Waals surface area contributed by atoms with Crippen LogP contribution in [0.3, 0.4) is 0 Å². The number of hydrogen-bond acceptors (Lipinski definition) is 3. The summed E-state index contributed by atoms with van der Waals surface area (Å²) in [5.41, 5.74) is 6.01. The van der Waals surface area contributed by atoms with Crippen molar-refractivity contribution in [1.82, 2.24) is 5.32 Å². The van der Waals surface area contributed by atoms with Crippen molar-refractivity contribution in [2.24, 2.45) is 5.92 Å². The minimum absolute atomic E-state index is 0.0771. The quantitative estimate of drug-likeness (QED) is 0.555. The molecule has 4 nitrogen and oxygen atoms in total. The van der Waals surface area contributed by atoms with Crippen LogP contribution in [0.5, 0.6) is 5.75 Å². The number of para-hydroxylation sites is 1. The maximum absolute atomic E-state index is 12.0. The van der Waals surface area contributed by atoms with Gasteiger partial charge in [-0.3, -0.25) is 4.79 Å². The summed E-state index contributed by atoms with van der Waals surface area (Å²) in [5.74, 6) is 0.135. The van der Waals surface area contributed by atoms with E-state index in [0.717, 1.165) is 12.8 Å². The van der Waals surface area contributed by atoms with E-state index in [9.17, 15) is 9.90 Å². The fourth-order valence-corrected chi connectivity index (χ4v) is 1.88. The Morgan fingerprint density at radius 1 is 1.44 bits per heavy atom. The molecule has 1 aromatic carbocycles. The van der Waals surface area contributed by atoms with E-state index in [2.05, 4.69) is 19.2 Å². The van der Waals surface area contributed by atoms with Gasteiger partial charge in [0.15, 0.2) is 5.75 Å². The highest BCUT2D eigenvalue weighted by Crippen LogP contribution is 2.24. The van der Waals surface area contributed by atoms with Crippen LogP contribution in [0.4, 0.5) is 5.69 Å². The lowest BCUT2D eigenvalue weighted by atomic mass is 10.00. The molecule has 0 radical (unpaired) electrons. The van der Waals surface area contributed by atoms with Gasteiger partial charge in [-0.25, -0.2) is 0 Å². The fraction of sp³-hybridized carbons (Fsp3) is 0.500. The molecule has 4 N–H and O–H groups in total. The first-order valence-corrected chi connectivity index (χ1v) is 6.34. The average Bonchev–Trinajstić information content (AvgIpc) is 2.32. The fourth-order valence-electron chi connectivity index (χ4n) is 1.88. The Labute approximate surface area is 108 Å². The summed E-state index contributed by atoms with van der Waals surface area (Å²) in [5, 5.41) is 12.6. The van der Waals surface area contributed by atoms with E-state index >= 15 is 0 Å². The number of phenolic OH excluding ortho intramolecular Hbond substituents is 1. The third-order valence-electron chi connectivity index (χ3n) is 3.14. The number of nitrogen functional groups attached to an aromatic ring is 1. The van der Waals surface area contributed by atoms with Gasteiger partial charge in [-0.15, -0.1) is 0 Å². The van der Waals surface area contributed by atoms with E-state index in [-0.39, 0.29) is 28.9 Å². The van der Waals surface area contributed by atoms with Gasteiger partial charge in [0, 0.05) is 6.04 Å². The number of carbonyl (C=O) groups excluding carboxylic acids is 1. The molecular formula is C14H22N2O2. The molecule has 2 atom stereocenters. The zero-order chi connectivity index (χ0) is 13.7. The number of rotatable bonds is 5. The van der Waals surface area contributed by atoms with E-state index in [0.29, 0.717) is 5.92 Å². The van der Waals surface area contributed by atoms with Crippen molar-refractivity contribution in [3.05, 3.63) is 23.8 Å². The lowest BCUT2D eigenvalue weighted by Gasteiger charge is -2.18. The minimum Gasteiger partial charge on any atom is -0.505 e. The van der Waals surface area contributed by atoms with Gasteiger partial charge in [-0.1, -0.05) is 26.3 Å². The van der Waals surface area contributed by atoms with Crippen LogP contribution in [0.25, 0.3) is 0 Å². The van der Waals surface area contributed by atoms with E-state index in [4.69, 9.17) is 5.73 Å². The molecule has 0 saturated heterocycles. The molecule has 0 aliphatic carbocycles. The molecular weight excluding hydrogens is 228 g/mol. The second-order valence-electron chi connectivity index (χ2n) is 4.87. The van der Waals surface area contributed by atoms with E-state index in [1.165, 1.54) is 0 Å². The molecule has 1 rings (SSSR count). The highest BCUT2D eigenvalue weighted by atomic mass is 16.3. The average molecular weight is 250 g/mol. The van der Waals surface area contributed by atoms with E-state index in [1.54, 1.807) is 18.2 Å². The van der Waals surface area contributed by atoms with Gasteiger partial charge in [0.2, 0.25) is 0 Å². The van der Waals surface area contributed by atoms with Gasteiger partial charge in [0.05, 0.1) is 11.3 Å². The molecule has 2 unspecified atom stereocenters. The molecule has 100 valence electrons. The number of nitrogens with two attached hydrogens (primary N) is 1. The molecule has 4 heteroatoms. The van der Waals surface area contributed by atoms with Crippen molar-refractivity contribution in [2.45, 2.75) is 39.7 Å². The predicted octanol–water partition coefficient (Wildman–Crippen LogP) is 2.53. The monoisotopic (exact) mass is 250 g/mol. The minimum atomic E-state index is -0.282. The standard InChI is InChI=1S/C14H22N2O2/c1-4-9(2)8-10(3)16-14(18)11-6-5-7-12(15)13(11)17/h5-7,9-10,17H,4,8,15H2,1-3H3,(H,16,18). The number of benzene rings is 1. The third-order valence-corrected chi connectivity index (χ3v) is 3.14. The molecule has 0 heterocycles. The van der Waals surface area contributed by atoms with Gasteiger partial charge >= 0.3 is 0 Å². The van der Waals surface area contributed by atoms with Crippen LogP contribution in [-0.2, 0) is 0 Å². The Morgan fingerprint density at radius 3 is 2.72 bits per heavy atom. The van der Waals surface area contributed by atoms with Crippen molar-refractivity contribution < 1.29 is 9.90 Å². The number of phenols is 1. The topological polar surface area (TPSA) is 75.4 Å². The zero-order valence-corrected chi connectivity index (χ0v) is 11.2. The number of anilines is 1. The molecule has 0 aliphatic heterocycles. The maximum Gasteiger partial charge on any atom is 0.255 e. The van der Waals surface area contributed by atoms with Crippen molar-refractivity contribution in [1.29, 1.82) is 0 Å². The first-order chi connectivity index (χ1) is 8.45. The van der Waals surface area contributed by atoms with E-state index in [1.807, 2.05) is 6.92 Å². The number of hydrogen-bond donors (Lipinski definition) is 3. The third kappa shape index (κ3) is 3.65. The number of nitrogens with one attached hydrogen (secondary N) is 1. The van der Waals surface area contributed by atoms with Gasteiger partial charge in [0.1, 0.15) is 0 Å². The molecule has 0 aromatic heterocycles. The maximum atomic E-state index is 12.0. The molecule has 0 aliphatic rings. The van der Waals surface area contributed by atoms with Crippen LogP contribution >= 0.6 is 0 Å². The number of carbonyl (C=O) groups is 1. The SMILES string of the molecule is CCC(C)CC(C)NC(=O)c1cccc(N)c1O. The van der Waals surface area contributed by atoms with E-state index < -0.39 is 0 Å². The smallest absolute Gasteiger partial charge is 0.255 e. The van der Waals surface area contributed by atoms with Crippen molar-refractivity contribution >= 4 is 11.6 Å². The Bertz CT molecular complexity index is 418. The Kier molecular flexibility index (Phi) is 5.01. The lowest BCUT2D eigenvalue weighted by Crippen LogP contribution is -2.33. The first kappa shape index (κ1) is 14.4. The summed E-state index contributed by atoms with van der Waals surface area (Å²) in [6, 6.07) is 4.86. The zero-order valence-electron chi connectivity index (χ0n) is 11.2. The summed E-state index contributed by atoms with van der Waals surface area (Å²) in [4.78, 5) is 12.0. The Morgan fingerprint density at radius 2 is 2.11 bits per heavy atom. The predicted molar refractivity (Wildman–Crippen MR) is 73.5 cm³/mol. The van der Waals surface area contributed by atoms with Crippen molar-refractivity contribution in [3.63, 3.8) is 0 Å². The van der Waals surface area contributed by atoms with Crippen LogP contribution < -0.4 is 11.1 Å². The summed E-state index contributed by atoms with van der Waals surface area (Å²) < 4.78 is 0. The summed E-state index contributed by atoms with van der Waals surface area (Å²) in [6.07, 6.45) is 2.01. The first-order valence-electron chi connectivity index (χ1n) is 6.34. The highest BCUT2D eigenvalue weighted by molar-refractivity contribution is 5.98. The van der Waals surface area contributed by atoms with Gasteiger partial charge in [-0.2, -0.15) is 0 Å². The molecule has 0 spiro atoms. The molecule has 0 fully saturated rings. The molecule has 0 saturated carbocycles. The van der Waals surface area contributed by atoms with Crippen LogP contribution in [0, 0.1) is 5.92 Å². The van der Waals surface area contributed by atoms with Gasteiger partial charge in [-0.05, 0) is 31.4 Å². The summed E-state index contributed by atoms with van der Waals surface area (Å²) in [6.45, 7) is 6.25.